The number of carbonyl (C=O) groups is 1. The second-order valence-corrected chi connectivity index (χ2v) is 6.49. The third-order valence-corrected chi connectivity index (χ3v) is 4.55. The number of pyridine rings is 1. The van der Waals surface area contributed by atoms with E-state index in [0.29, 0.717) is 28.7 Å². The van der Waals surface area contributed by atoms with E-state index in [1.165, 1.54) is 12.5 Å². The number of aromatic amines is 1. The van der Waals surface area contributed by atoms with Crippen LogP contribution in [0.3, 0.4) is 0 Å². The molecule has 1 aliphatic rings. The van der Waals surface area contributed by atoms with Crippen LogP contribution in [0.1, 0.15) is 29.6 Å². The third kappa shape index (κ3) is 3.52. The second kappa shape index (κ2) is 7.13. The minimum Gasteiger partial charge on any atom is -0.376 e. The molecule has 26 heavy (non-hydrogen) atoms. The first-order chi connectivity index (χ1) is 12.7. The molecule has 7 heteroatoms. The quantitative estimate of drug-likeness (QED) is 0.755. The molecule has 7 nitrogen and oxygen atoms in total. The number of nitrogens with zero attached hydrogens (tertiary/aromatic N) is 2. The van der Waals surface area contributed by atoms with Gasteiger partial charge in [-0.05, 0) is 25.3 Å². The van der Waals surface area contributed by atoms with E-state index in [-0.39, 0.29) is 17.6 Å². The van der Waals surface area contributed by atoms with Gasteiger partial charge in [-0.1, -0.05) is 18.2 Å². The van der Waals surface area contributed by atoms with Crippen LogP contribution >= 0.6 is 0 Å². The lowest BCUT2D eigenvalue weighted by atomic mass is 10.1. The van der Waals surface area contributed by atoms with Crippen molar-refractivity contribution in [3.05, 3.63) is 58.6 Å². The average Bonchev–Trinajstić information content (AvgIpc) is 3.08. The van der Waals surface area contributed by atoms with Gasteiger partial charge in [0.15, 0.2) is 0 Å². The second-order valence-electron chi connectivity index (χ2n) is 6.49. The minimum absolute atomic E-state index is 0.170. The van der Waals surface area contributed by atoms with Gasteiger partial charge in [-0.25, -0.2) is 0 Å². The zero-order chi connectivity index (χ0) is 17.9. The van der Waals surface area contributed by atoms with E-state index < -0.39 is 0 Å². The normalized spacial score (nSPS) is 17.3. The highest BCUT2D eigenvalue weighted by Crippen LogP contribution is 2.18. The molecule has 0 unspecified atom stereocenters. The molecule has 1 atom stereocenters. The number of anilines is 1. The van der Waals surface area contributed by atoms with Gasteiger partial charge < -0.3 is 15.0 Å². The highest BCUT2D eigenvalue weighted by atomic mass is 16.5. The fraction of sp³-hybridized carbons (Fsp3) is 0.316. The molecule has 1 aliphatic heterocycles. The fourth-order valence-electron chi connectivity index (χ4n) is 3.28. The first kappa shape index (κ1) is 16.5. The van der Waals surface area contributed by atoms with Crippen molar-refractivity contribution in [3.8, 4) is 0 Å². The Bertz CT molecular complexity index is 986. The lowest BCUT2D eigenvalue weighted by Gasteiger charge is -2.22. The molecule has 3 aromatic rings. The smallest absolute Gasteiger partial charge is 0.256 e. The Labute approximate surface area is 150 Å². The van der Waals surface area contributed by atoms with Crippen LogP contribution in [-0.2, 0) is 11.3 Å². The number of hydrogen-bond donors (Lipinski definition) is 2. The molecule has 0 aliphatic carbocycles. The van der Waals surface area contributed by atoms with Gasteiger partial charge in [-0.2, -0.15) is 5.10 Å². The molecular weight excluding hydrogens is 332 g/mol. The summed E-state index contributed by atoms with van der Waals surface area (Å²) in [6, 6.07) is 8.55. The van der Waals surface area contributed by atoms with E-state index >= 15 is 0 Å². The van der Waals surface area contributed by atoms with E-state index in [0.717, 1.165) is 19.4 Å². The van der Waals surface area contributed by atoms with Crippen LogP contribution < -0.4 is 10.9 Å². The summed E-state index contributed by atoms with van der Waals surface area (Å²) < 4.78 is 7.50. The third-order valence-electron chi connectivity index (χ3n) is 4.55. The standard InChI is InChI=1S/C19H20N4O3/c24-18-9-16(15-6-1-2-7-17(15)22-18)19(25)21-13-10-20-23(11-13)12-14-5-3-4-8-26-14/h1-2,6-7,9-11,14H,3-5,8,12H2,(H,21,25)(H,22,24)/t14-/m0/s1. The largest absolute Gasteiger partial charge is 0.376 e. The fourth-order valence-corrected chi connectivity index (χ4v) is 3.28. The highest BCUT2D eigenvalue weighted by Gasteiger charge is 2.16. The number of benzene rings is 1. The lowest BCUT2D eigenvalue weighted by molar-refractivity contribution is 0.00401. The summed E-state index contributed by atoms with van der Waals surface area (Å²) in [5, 5.41) is 7.81. The number of ether oxygens (including phenoxy) is 1. The van der Waals surface area contributed by atoms with Crippen LogP contribution in [0, 0.1) is 0 Å². The van der Waals surface area contributed by atoms with Crippen LogP contribution in [0.2, 0.25) is 0 Å². The van der Waals surface area contributed by atoms with E-state index in [9.17, 15) is 9.59 Å². The Hall–Kier alpha value is -2.93. The van der Waals surface area contributed by atoms with Gasteiger partial charge in [0.05, 0.1) is 30.1 Å². The molecule has 2 N–H and O–H groups in total. The van der Waals surface area contributed by atoms with Crippen molar-refractivity contribution in [2.75, 3.05) is 11.9 Å². The van der Waals surface area contributed by atoms with Gasteiger partial charge in [0.2, 0.25) is 5.56 Å². The molecule has 1 aromatic carbocycles. The zero-order valence-electron chi connectivity index (χ0n) is 14.3. The number of fused-ring (bicyclic) bond motifs is 1. The number of para-hydroxylation sites is 1. The minimum atomic E-state index is -0.333. The maximum absolute atomic E-state index is 12.7. The molecule has 3 heterocycles. The van der Waals surface area contributed by atoms with E-state index in [4.69, 9.17) is 4.74 Å². The summed E-state index contributed by atoms with van der Waals surface area (Å²) in [4.78, 5) is 27.2. The van der Waals surface area contributed by atoms with E-state index in [2.05, 4.69) is 15.4 Å². The van der Waals surface area contributed by atoms with E-state index in [1.807, 2.05) is 18.2 Å². The van der Waals surface area contributed by atoms with Crippen molar-refractivity contribution in [1.82, 2.24) is 14.8 Å². The Morgan fingerprint density at radius 2 is 2.23 bits per heavy atom. The Balaban J connectivity index is 1.51. The van der Waals surface area contributed by atoms with Crippen LogP contribution in [0.5, 0.6) is 0 Å². The van der Waals surface area contributed by atoms with Gasteiger partial charge in [0.25, 0.3) is 5.91 Å². The van der Waals surface area contributed by atoms with Gasteiger partial charge in [0, 0.05) is 29.8 Å². The lowest BCUT2D eigenvalue weighted by Crippen LogP contribution is -2.24. The molecule has 0 saturated carbocycles. The monoisotopic (exact) mass is 352 g/mol. The molecule has 1 fully saturated rings. The predicted octanol–water partition coefficient (Wildman–Crippen LogP) is 2.55. The molecule has 134 valence electrons. The molecule has 4 rings (SSSR count). The molecular formula is C19H20N4O3. The number of rotatable bonds is 4. The number of amides is 1. The first-order valence-electron chi connectivity index (χ1n) is 8.76. The van der Waals surface area contributed by atoms with Crippen molar-refractivity contribution < 1.29 is 9.53 Å². The summed E-state index contributed by atoms with van der Waals surface area (Å²) in [7, 11) is 0. The number of aromatic nitrogens is 3. The molecule has 1 saturated heterocycles. The van der Waals surface area contributed by atoms with Crippen molar-refractivity contribution >= 4 is 22.5 Å². The van der Waals surface area contributed by atoms with Crippen molar-refractivity contribution in [2.24, 2.45) is 0 Å². The molecule has 2 aromatic heterocycles. The van der Waals surface area contributed by atoms with Crippen LogP contribution in [0.15, 0.2) is 47.5 Å². The summed E-state index contributed by atoms with van der Waals surface area (Å²) in [5.41, 5.74) is 1.26. The maximum atomic E-state index is 12.7. The average molecular weight is 352 g/mol. The number of hydrogen-bond acceptors (Lipinski definition) is 4. The van der Waals surface area contributed by atoms with Gasteiger partial charge in [0.1, 0.15) is 0 Å². The highest BCUT2D eigenvalue weighted by molar-refractivity contribution is 6.12. The molecule has 0 spiro atoms. The SMILES string of the molecule is O=C(Nc1cnn(C[C@@H]2CCCCO2)c1)c1cc(=O)[nH]c2ccccc12. The first-order valence-corrected chi connectivity index (χ1v) is 8.76. The van der Waals surface area contributed by atoms with Crippen LogP contribution in [-0.4, -0.2) is 33.4 Å². The van der Waals surface area contributed by atoms with Crippen molar-refractivity contribution in [3.63, 3.8) is 0 Å². The Morgan fingerprint density at radius 1 is 1.35 bits per heavy atom. The van der Waals surface area contributed by atoms with Gasteiger partial charge in [-0.15, -0.1) is 0 Å². The summed E-state index contributed by atoms with van der Waals surface area (Å²) in [5.74, 6) is -0.333. The number of nitrogens with one attached hydrogen (secondary N) is 2. The van der Waals surface area contributed by atoms with Crippen molar-refractivity contribution in [2.45, 2.75) is 31.9 Å². The zero-order valence-corrected chi connectivity index (χ0v) is 14.3. The van der Waals surface area contributed by atoms with E-state index in [1.54, 1.807) is 23.1 Å². The number of H-pyrrole nitrogens is 1. The maximum Gasteiger partial charge on any atom is 0.256 e. The molecule has 0 radical (unpaired) electrons. The number of carbonyl (C=O) groups excluding carboxylic acids is 1. The van der Waals surface area contributed by atoms with Crippen LogP contribution in [0.25, 0.3) is 10.9 Å². The summed E-state index contributed by atoms with van der Waals surface area (Å²) in [6.45, 7) is 1.47. The Morgan fingerprint density at radius 3 is 3.08 bits per heavy atom. The van der Waals surface area contributed by atoms with Crippen molar-refractivity contribution in [1.29, 1.82) is 0 Å². The van der Waals surface area contributed by atoms with Gasteiger partial charge >= 0.3 is 0 Å². The predicted molar refractivity (Wildman–Crippen MR) is 98.3 cm³/mol. The summed E-state index contributed by atoms with van der Waals surface area (Å²) in [6.07, 6.45) is 6.87. The Kier molecular flexibility index (Phi) is 4.53. The van der Waals surface area contributed by atoms with Crippen LogP contribution in [0.4, 0.5) is 5.69 Å². The summed E-state index contributed by atoms with van der Waals surface area (Å²) >= 11 is 0. The molecule has 0 bridgehead atoms. The topological polar surface area (TPSA) is 89.0 Å². The van der Waals surface area contributed by atoms with Gasteiger partial charge in [-0.3, -0.25) is 14.3 Å². The molecule has 1 amide bonds.